The number of nitrogens with one attached hydrogen (secondary N) is 3. The summed E-state index contributed by atoms with van der Waals surface area (Å²) >= 11 is 1.25. The summed E-state index contributed by atoms with van der Waals surface area (Å²) in [6, 6.07) is 0.267. The van der Waals surface area contributed by atoms with Crippen molar-refractivity contribution in [3.63, 3.8) is 0 Å². The van der Waals surface area contributed by atoms with Crippen LogP contribution in [0.15, 0.2) is 5.38 Å². The molecule has 116 valence electrons. The van der Waals surface area contributed by atoms with Crippen LogP contribution in [-0.4, -0.2) is 35.9 Å². The van der Waals surface area contributed by atoms with Crippen molar-refractivity contribution in [2.75, 3.05) is 18.4 Å². The number of hydrogen-bond acceptors (Lipinski definition) is 5. The standard InChI is InChI=1S/C14H22N4O2S/c1-9(19)17-13-18-10(8-21-13)12(20)16-7-11-14(2,3)5-4-6-15-11/h8,11,15H,4-7H2,1-3H3,(H,16,20)(H,17,18,19). The molecular formula is C14H22N4O2S. The molecule has 2 heterocycles. The molecule has 1 aromatic rings. The number of aromatic nitrogens is 1. The molecule has 1 atom stereocenters. The Kier molecular flexibility index (Phi) is 4.95. The SMILES string of the molecule is CC(=O)Nc1nc(C(=O)NCC2NCCCC2(C)C)cs1. The van der Waals surface area contributed by atoms with Gasteiger partial charge in [0, 0.05) is 24.9 Å². The second-order valence-electron chi connectivity index (χ2n) is 6.03. The largest absolute Gasteiger partial charge is 0.349 e. The van der Waals surface area contributed by atoms with Crippen molar-refractivity contribution >= 4 is 28.3 Å². The molecule has 0 aromatic carbocycles. The van der Waals surface area contributed by atoms with Gasteiger partial charge in [-0.15, -0.1) is 11.3 Å². The Bertz CT molecular complexity index is 527. The topological polar surface area (TPSA) is 83.1 Å². The molecule has 1 unspecified atom stereocenters. The second-order valence-corrected chi connectivity index (χ2v) is 6.89. The van der Waals surface area contributed by atoms with E-state index in [1.807, 2.05) is 0 Å². The number of thiazole rings is 1. The number of carbonyl (C=O) groups is 2. The van der Waals surface area contributed by atoms with E-state index in [0.29, 0.717) is 17.4 Å². The highest BCUT2D eigenvalue weighted by atomic mass is 32.1. The molecule has 2 amide bonds. The first-order valence-electron chi connectivity index (χ1n) is 7.13. The quantitative estimate of drug-likeness (QED) is 0.789. The summed E-state index contributed by atoms with van der Waals surface area (Å²) in [6.07, 6.45) is 2.33. The molecule has 0 bridgehead atoms. The summed E-state index contributed by atoms with van der Waals surface area (Å²) in [5, 5.41) is 11.1. The second kappa shape index (κ2) is 6.53. The van der Waals surface area contributed by atoms with Gasteiger partial charge in [0.1, 0.15) is 5.69 Å². The lowest BCUT2D eigenvalue weighted by molar-refractivity contribution is -0.114. The fourth-order valence-electron chi connectivity index (χ4n) is 2.49. The van der Waals surface area contributed by atoms with E-state index in [4.69, 9.17) is 0 Å². The van der Waals surface area contributed by atoms with Crippen molar-refractivity contribution in [2.24, 2.45) is 5.41 Å². The van der Waals surface area contributed by atoms with E-state index in [1.54, 1.807) is 5.38 Å². The zero-order chi connectivity index (χ0) is 15.5. The molecule has 2 rings (SSSR count). The molecule has 0 radical (unpaired) electrons. The van der Waals surface area contributed by atoms with Crippen molar-refractivity contribution in [1.29, 1.82) is 0 Å². The Morgan fingerprint density at radius 3 is 2.95 bits per heavy atom. The van der Waals surface area contributed by atoms with Gasteiger partial charge in [0.05, 0.1) is 0 Å². The average Bonchev–Trinajstić information content (AvgIpc) is 2.84. The average molecular weight is 310 g/mol. The zero-order valence-electron chi connectivity index (χ0n) is 12.7. The van der Waals surface area contributed by atoms with Gasteiger partial charge in [-0.3, -0.25) is 9.59 Å². The third-order valence-corrected chi connectivity index (χ3v) is 4.58. The molecule has 1 aromatic heterocycles. The summed E-state index contributed by atoms with van der Waals surface area (Å²) in [5.41, 5.74) is 0.520. The molecule has 1 fully saturated rings. The molecule has 7 heteroatoms. The zero-order valence-corrected chi connectivity index (χ0v) is 13.5. The van der Waals surface area contributed by atoms with Gasteiger partial charge in [0.15, 0.2) is 5.13 Å². The number of piperidine rings is 1. The van der Waals surface area contributed by atoms with Crippen molar-refractivity contribution in [1.82, 2.24) is 15.6 Å². The van der Waals surface area contributed by atoms with Gasteiger partial charge in [0.25, 0.3) is 5.91 Å². The Morgan fingerprint density at radius 2 is 2.29 bits per heavy atom. The molecule has 21 heavy (non-hydrogen) atoms. The van der Waals surface area contributed by atoms with Crippen LogP contribution in [0.4, 0.5) is 5.13 Å². The third-order valence-electron chi connectivity index (χ3n) is 3.82. The lowest BCUT2D eigenvalue weighted by Crippen LogP contribution is -2.52. The molecule has 0 spiro atoms. The Morgan fingerprint density at radius 1 is 1.52 bits per heavy atom. The van der Waals surface area contributed by atoms with Crippen molar-refractivity contribution in [2.45, 2.75) is 39.7 Å². The van der Waals surface area contributed by atoms with Gasteiger partial charge in [0.2, 0.25) is 5.91 Å². The molecular weight excluding hydrogens is 288 g/mol. The maximum Gasteiger partial charge on any atom is 0.270 e. The highest BCUT2D eigenvalue weighted by molar-refractivity contribution is 7.14. The normalized spacial score (nSPS) is 20.8. The van der Waals surface area contributed by atoms with Crippen LogP contribution in [-0.2, 0) is 4.79 Å². The van der Waals surface area contributed by atoms with Crippen LogP contribution < -0.4 is 16.0 Å². The summed E-state index contributed by atoms with van der Waals surface area (Å²) in [7, 11) is 0. The first-order chi connectivity index (χ1) is 9.88. The minimum absolute atomic E-state index is 0.176. The van der Waals surface area contributed by atoms with E-state index in [2.05, 4.69) is 34.8 Å². The van der Waals surface area contributed by atoms with E-state index in [0.717, 1.165) is 13.0 Å². The third kappa shape index (κ3) is 4.25. The number of amides is 2. The van der Waals surface area contributed by atoms with Gasteiger partial charge in [-0.2, -0.15) is 0 Å². The smallest absolute Gasteiger partial charge is 0.270 e. The lowest BCUT2D eigenvalue weighted by Gasteiger charge is -2.39. The summed E-state index contributed by atoms with van der Waals surface area (Å²) < 4.78 is 0. The first-order valence-corrected chi connectivity index (χ1v) is 8.01. The summed E-state index contributed by atoms with van der Waals surface area (Å²) in [5.74, 6) is -0.393. The van der Waals surface area contributed by atoms with E-state index in [9.17, 15) is 9.59 Å². The van der Waals surface area contributed by atoms with Gasteiger partial charge in [-0.1, -0.05) is 13.8 Å². The maximum atomic E-state index is 12.1. The molecule has 3 N–H and O–H groups in total. The van der Waals surface area contributed by atoms with Crippen LogP contribution in [0.25, 0.3) is 0 Å². The number of carbonyl (C=O) groups excluding carboxylic acids is 2. The number of anilines is 1. The Balaban J connectivity index is 1.89. The summed E-state index contributed by atoms with van der Waals surface area (Å²) in [6.45, 7) is 7.42. The monoisotopic (exact) mass is 310 g/mol. The van der Waals surface area contributed by atoms with E-state index in [-0.39, 0.29) is 23.3 Å². The van der Waals surface area contributed by atoms with Crippen LogP contribution in [0.1, 0.15) is 44.1 Å². The fraction of sp³-hybridized carbons (Fsp3) is 0.643. The minimum atomic E-state index is -0.203. The molecule has 1 saturated heterocycles. The molecule has 0 saturated carbocycles. The Hall–Kier alpha value is -1.47. The number of nitrogens with zero attached hydrogens (tertiary/aromatic N) is 1. The van der Waals surface area contributed by atoms with E-state index >= 15 is 0 Å². The highest BCUT2D eigenvalue weighted by Gasteiger charge is 2.32. The van der Waals surface area contributed by atoms with Gasteiger partial charge in [-0.25, -0.2) is 4.98 Å². The van der Waals surface area contributed by atoms with Crippen LogP contribution in [0, 0.1) is 5.41 Å². The Labute approximate surface area is 128 Å². The van der Waals surface area contributed by atoms with Crippen molar-refractivity contribution in [3.05, 3.63) is 11.1 Å². The van der Waals surface area contributed by atoms with Crippen LogP contribution >= 0.6 is 11.3 Å². The summed E-state index contributed by atoms with van der Waals surface area (Å²) in [4.78, 5) is 27.1. The van der Waals surface area contributed by atoms with Crippen molar-refractivity contribution in [3.8, 4) is 0 Å². The predicted octanol–water partition coefficient (Wildman–Crippen LogP) is 1.61. The van der Waals surface area contributed by atoms with E-state index < -0.39 is 0 Å². The number of hydrogen-bond donors (Lipinski definition) is 3. The minimum Gasteiger partial charge on any atom is -0.349 e. The van der Waals surface area contributed by atoms with Crippen LogP contribution in [0.3, 0.4) is 0 Å². The molecule has 0 aliphatic carbocycles. The molecule has 1 aliphatic rings. The van der Waals surface area contributed by atoms with Gasteiger partial charge >= 0.3 is 0 Å². The first kappa shape index (κ1) is 15.9. The van der Waals surface area contributed by atoms with E-state index in [1.165, 1.54) is 24.7 Å². The molecule has 1 aliphatic heterocycles. The molecule has 6 nitrogen and oxygen atoms in total. The van der Waals surface area contributed by atoms with Crippen LogP contribution in [0.2, 0.25) is 0 Å². The predicted molar refractivity (Wildman–Crippen MR) is 83.6 cm³/mol. The highest BCUT2D eigenvalue weighted by Crippen LogP contribution is 2.29. The van der Waals surface area contributed by atoms with Gasteiger partial charge in [-0.05, 0) is 24.8 Å². The number of rotatable bonds is 4. The fourth-order valence-corrected chi connectivity index (χ4v) is 3.23. The maximum absolute atomic E-state index is 12.1. The van der Waals surface area contributed by atoms with Crippen LogP contribution in [0.5, 0.6) is 0 Å². The van der Waals surface area contributed by atoms with Gasteiger partial charge < -0.3 is 16.0 Å². The lowest BCUT2D eigenvalue weighted by atomic mass is 9.77. The van der Waals surface area contributed by atoms with Crippen molar-refractivity contribution < 1.29 is 9.59 Å².